The van der Waals surface area contributed by atoms with Crippen molar-refractivity contribution < 1.29 is 24.9 Å². The number of carbonyl (C=O) groups is 2. The average molecular weight is 268 g/mol. The molecule has 1 rings (SSSR count). The first-order valence-electron chi connectivity index (χ1n) is 5.73. The number of aromatic nitrogens is 1. The minimum absolute atomic E-state index is 0.0346. The summed E-state index contributed by atoms with van der Waals surface area (Å²) >= 11 is 0. The molecule has 0 saturated carbocycles. The molecule has 7 nitrogen and oxygen atoms in total. The molecule has 1 aromatic rings. The molecule has 0 aliphatic rings. The third-order valence-corrected chi connectivity index (χ3v) is 2.56. The van der Waals surface area contributed by atoms with Gasteiger partial charge >= 0.3 is 5.97 Å². The van der Waals surface area contributed by atoms with Crippen LogP contribution in [0.3, 0.4) is 0 Å². The quantitative estimate of drug-likeness (QED) is 0.642. The number of carboxylic acid groups (broad SMARTS) is 1. The number of aromatic carboxylic acids is 1. The van der Waals surface area contributed by atoms with Crippen LogP contribution in [0.1, 0.15) is 26.5 Å². The molecule has 0 aliphatic carbocycles. The van der Waals surface area contributed by atoms with Gasteiger partial charge in [0.1, 0.15) is 5.69 Å². The molecule has 0 radical (unpaired) electrons. The average Bonchev–Trinajstić information content (AvgIpc) is 2.37. The topological polar surface area (TPSA) is 111 Å². The fourth-order valence-corrected chi connectivity index (χ4v) is 1.62. The molecule has 1 amide bonds. The monoisotopic (exact) mass is 268 g/mol. The van der Waals surface area contributed by atoms with Crippen LogP contribution in [0.5, 0.6) is 0 Å². The molecule has 0 unspecified atom stereocenters. The molecular formula is C12H16N2O5. The number of aryl methyl sites for hydroxylation is 1. The van der Waals surface area contributed by atoms with Gasteiger partial charge in [-0.2, -0.15) is 0 Å². The second kappa shape index (κ2) is 6.81. The Morgan fingerprint density at radius 1 is 1.21 bits per heavy atom. The molecule has 0 aliphatic heterocycles. The Balaban J connectivity index is 2.98. The van der Waals surface area contributed by atoms with Crippen molar-refractivity contribution in [3.63, 3.8) is 0 Å². The van der Waals surface area contributed by atoms with Crippen LogP contribution >= 0.6 is 0 Å². The van der Waals surface area contributed by atoms with E-state index in [1.165, 1.54) is 24.0 Å². The van der Waals surface area contributed by atoms with Gasteiger partial charge in [-0.05, 0) is 19.1 Å². The van der Waals surface area contributed by atoms with Gasteiger partial charge < -0.3 is 20.2 Å². The Hall–Kier alpha value is -1.99. The van der Waals surface area contributed by atoms with Crippen LogP contribution in [0.15, 0.2) is 12.1 Å². The van der Waals surface area contributed by atoms with Crippen molar-refractivity contribution in [2.75, 3.05) is 26.3 Å². The van der Waals surface area contributed by atoms with Crippen molar-refractivity contribution in [2.24, 2.45) is 0 Å². The van der Waals surface area contributed by atoms with Crippen LogP contribution in [0.25, 0.3) is 0 Å². The standard InChI is InChI=1S/C12H16N2O5/c1-8-9(12(18)19)2-3-10(13-8)11(17)14(4-6-15)5-7-16/h2-3,15-16H,4-7H2,1H3,(H,18,19). The molecule has 0 bridgehead atoms. The van der Waals surface area contributed by atoms with Crippen molar-refractivity contribution in [1.82, 2.24) is 9.88 Å². The first-order chi connectivity index (χ1) is 9.01. The highest BCUT2D eigenvalue weighted by Crippen LogP contribution is 2.09. The maximum atomic E-state index is 12.1. The normalized spacial score (nSPS) is 10.3. The zero-order chi connectivity index (χ0) is 14.4. The van der Waals surface area contributed by atoms with E-state index >= 15 is 0 Å². The SMILES string of the molecule is Cc1nc(C(=O)N(CCO)CCO)ccc1C(=O)O. The van der Waals surface area contributed by atoms with Gasteiger partial charge in [-0.15, -0.1) is 0 Å². The van der Waals surface area contributed by atoms with Gasteiger partial charge in [0.15, 0.2) is 0 Å². The van der Waals surface area contributed by atoms with Crippen LogP contribution in [-0.2, 0) is 0 Å². The fourth-order valence-electron chi connectivity index (χ4n) is 1.62. The summed E-state index contributed by atoms with van der Waals surface area (Å²) in [6, 6.07) is 2.63. The molecule has 0 fully saturated rings. The second-order valence-electron chi connectivity index (χ2n) is 3.87. The Morgan fingerprint density at radius 3 is 2.21 bits per heavy atom. The summed E-state index contributed by atoms with van der Waals surface area (Å²) in [6.45, 7) is 1.22. The number of carboxylic acids is 1. The van der Waals surface area contributed by atoms with Crippen molar-refractivity contribution in [2.45, 2.75) is 6.92 Å². The lowest BCUT2D eigenvalue weighted by Gasteiger charge is -2.20. The Labute approximate surface area is 110 Å². The molecule has 3 N–H and O–H groups in total. The summed E-state index contributed by atoms with van der Waals surface area (Å²) in [6.07, 6.45) is 0. The van der Waals surface area contributed by atoms with E-state index in [4.69, 9.17) is 15.3 Å². The number of amides is 1. The highest BCUT2D eigenvalue weighted by molar-refractivity contribution is 5.94. The lowest BCUT2D eigenvalue weighted by Crippen LogP contribution is -2.36. The van der Waals surface area contributed by atoms with E-state index in [9.17, 15) is 9.59 Å². The maximum absolute atomic E-state index is 12.1. The number of rotatable bonds is 6. The van der Waals surface area contributed by atoms with Crippen LogP contribution < -0.4 is 0 Å². The number of nitrogens with zero attached hydrogens (tertiary/aromatic N) is 2. The van der Waals surface area contributed by atoms with Crippen molar-refractivity contribution in [3.05, 3.63) is 29.1 Å². The predicted octanol–water partition coefficient (Wildman–Crippen LogP) is -0.485. The maximum Gasteiger partial charge on any atom is 0.337 e. The van der Waals surface area contributed by atoms with Crippen molar-refractivity contribution in [1.29, 1.82) is 0 Å². The van der Waals surface area contributed by atoms with E-state index in [-0.39, 0.29) is 43.3 Å². The molecular weight excluding hydrogens is 252 g/mol. The molecule has 1 aromatic heterocycles. The lowest BCUT2D eigenvalue weighted by molar-refractivity contribution is 0.0671. The second-order valence-corrected chi connectivity index (χ2v) is 3.87. The molecule has 0 saturated heterocycles. The van der Waals surface area contributed by atoms with Gasteiger partial charge in [0.25, 0.3) is 5.91 Å². The minimum atomic E-state index is -1.11. The number of pyridine rings is 1. The van der Waals surface area contributed by atoms with Gasteiger partial charge in [-0.3, -0.25) is 4.79 Å². The number of hydrogen-bond donors (Lipinski definition) is 3. The summed E-state index contributed by atoms with van der Waals surface area (Å²) in [4.78, 5) is 28.1. The molecule has 7 heteroatoms. The zero-order valence-corrected chi connectivity index (χ0v) is 10.5. The number of hydrogen-bond acceptors (Lipinski definition) is 5. The Bertz CT molecular complexity index is 469. The van der Waals surface area contributed by atoms with E-state index in [2.05, 4.69) is 4.98 Å². The smallest absolute Gasteiger partial charge is 0.337 e. The van der Waals surface area contributed by atoms with Crippen molar-refractivity contribution >= 4 is 11.9 Å². The Morgan fingerprint density at radius 2 is 1.79 bits per heavy atom. The highest BCUT2D eigenvalue weighted by Gasteiger charge is 2.18. The molecule has 19 heavy (non-hydrogen) atoms. The van der Waals surface area contributed by atoms with Crippen LogP contribution in [0, 0.1) is 6.92 Å². The Kier molecular flexibility index (Phi) is 5.40. The first kappa shape index (κ1) is 15.1. The third-order valence-electron chi connectivity index (χ3n) is 2.56. The third kappa shape index (κ3) is 3.73. The van der Waals surface area contributed by atoms with Crippen LogP contribution in [0.2, 0.25) is 0 Å². The first-order valence-corrected chi connectivity index (χ1v) is 5.73. The summed E-state index contributed by atoms with van der Waals surface area (Å²) in [5.74, 6) is -1.56. The van der Waals surface area contributed by atoms with Crippen molar-refractivity contribution in [3.8, 4) is 0 Å². The van der Waals surface area contributed by atoms with Crippen LogP contribution in [0.4, 0.5) is 0 Å². The lowest BCUT2D eigenvalue weighted by atomic mass is 10.2. The molecule has 1 heterocycles. The van der Waals surface area contributed by atoms with E-state index in [1.807, 2.05) is 0 Å². The van der Waals surface area contributed by atoms with Gasteiger partial charge in [0.05, 0.1) is 24.5 Å². The summed E-state index contributed by atoms with van der Waals surface area (Å²) in [7, 11) is 0. The summed E-state index contributed by atoms with van der Waals surface area (Å²) in [5.41, 5.74) is 0.364. The van der Waals surface area contributed by atoms with E-state index in [1.54, 1.807) is 0 Å². The van der Waals surface area contributed by atoms with Gasteiger partial charge in [0, 0.05) is 13.1 Å². The minimum Gasteiger partial charge on any atom is -0.478 e. The highest BCUT2D eigenvalue weighted by atomic mass is 16.4. The molecule has 0 atom stereocenters. The van der Waals surface area contributed by atoms with Gasteiger partial charge in [-0.1, -0.05) is 0 Å². The number of aliphatic hydroxyl groups is 2. The largest absolute Gasteiger partial charge is 0.478 e. The molecule has 0 aromatic carbocycles. The van der Waals surface area contributed by atoms with E-state index < -0.39 is 11.9 Å². The zero-order valence-electron chi connectivity index (χ0n) is 10.5. The van der Waals surface area contributed by atoms with Gasteiger partial charge in [0.2, 0.25) is 0 Å². The molecule has 0 spiro atoms. The molecule has 104 valence electrons. The predicted molar refractivity (Wildman–Crippen MR) is 66.0 cm³/mol. The number of aliphatic hydroxyl groups excluding tert-OH is 2. The van der Waals surface area contributed by atoms with Gasteiger partial charge in [-0.25, -0.2) is 9.78 Å². The summed E-state index contributed by atoms with van der Waals surface area (Å²) in [5, 5.41) is 26.6. The van der Waals surface area contributed by atoms with E-state index in [0.717, 1.165) is 0 Å². The number of carbonyl (C=O) groups excluding carboxylic acids is 1. The van der Waals surface area contributed by atoms with Crippen LogP contribution in [-0.4, -0.2) is 63.4 Å². The fraction of sp³-hybridized carbons (Fsp3) is 0.417. The van der Waals surface area contributed by atoms with E-state index in [0.29, 0.717) is 0 Å². The summed E-state index contributed by atoms with van der Waals surface area (Å²) < 4.78 is 0.